The Hall–Kier alpha value is -3.07. The van der Waals surface area contributed by atoms with Crippen molar-refractivity contribution in [3.05, 3.63) is 93.5 Å². The Kier molecular flexibility index (Phi) is 11.2. The fraction of sp³-hybridized carbons (Fsp3) is 0.355. The number of anilines is 1. The van der Waals surface area contributed by atoms with Crippen LogP contribution in [-0.2, 0) is 26.2 Å². The first kappa shape index (κ1) is 32.4. The van der Waals surface area contributed by atoms with Gasteiger partial charge in [-0.25, -0.2) is 8.42 Å². The van der Waals surface area contributed by atoms with Crippen LogP contribution in [0.15, 0.2) is 71.6 Å². The molecule has 1 atom stereocenters. The van der Waals surface area contributed by atoms with Gasteiger partial charge in [0.05, 0.1) is 10.6 Å². The summed E-state index contributed by atoms with van der Waals surface area (Å²) in [5.74, 6) is -0.624. The fourth-order valence-electron chi connectivity index (χ4n) is 4.30. The van der Waals surface area contributed by atoms with E-state index in [4.69, 9.17) is 23.2 Å². The predicted molar refractivity (Wildman–Crippen MR) is 166 cm³/mol. The van der Waals surface area contributed by atoms with Gasteiger partial charge in [0.15, 0.2) is 0 Å². The van der Waals surface area contributed by atoms with E-state index >= 15 is 0 Å². The highest BCUT2D eigenvalue weighted by molar-refractivity contribution is 7.92. The van der Waals surface area contributed by atoms with E-state index in [2.05, 4.69) is 5.32 Å². The second kappa shape index (κ2) is 14.2. The summed E-state index contributed by atoms with van der Waals surface area (Å²) in [6.07, 6.45) is 0.327. The van der Waals surface area contributed by atoms with Crippen molar-refractivity contribution in [2.45, 2.75) is 58.5 Å². The maximum absolute atomic E-state index is 14.1. The second-order valence-electron chi connectivity index (χ2n) is 10.4. The van der Waals surface area contributed by atoms with Crippen LogP contribution in [0.2, 0.25) is 10.0 Å². The highest BCUT2D eigenvalue weighted by Crippen LogP contribution is 2.28. The van der Waals surface area contributed by atoms with E-state index in [1.54, 1.807) is 36.4 Å². The smallest absolute Gasteiger partial charge is 0.264 e. The summed E-state index contributed by atoms with van der Waals surface area (Å²) >= 11 is 12.5. The number of nitrogens with zero attached hydrogens (tertiary/aromatic N) is 2. The molecule has 220 valence electrons. The Bertz CT molecular complexity index is 1480. The van der Waals surface area contributed by atoms with Crippen LogP contribution in [-0.4, -0.2) is 44.3 Å². The summed E-state index contributed by atoms with van der Waals surface area (Å²) in [5, 5.41) is 3.76. The summed E-state index contributed by atoms with van der Waals surface area (Å²) in [5.41, 5.74) is 2.85. The lowest BCUT2D eigenvalue weighted by Gasteiger charge is -2.33. The van der Waals surface area contributed by atoms with Crippen LogP contribution in [0, 0.1) is 19.8 Å². The van der Waals surface area contributed by atoms with E-state index in [9.17, 15) is 18.0 Å². The first-order chi connectivity index (χ1) is 19.3. The van der Waals surface area contributed by atoms with Crippen molar-refractivity contribution in [2.75, 3.05) is 17.4 Å². The van der Waals surface area contributed by atoms with Gasteiger partial charge >= 0.3 is 0 Å². The largest absolute Gasteiger partial charge is 0.354 e. The maximum Gasteiger partial charge on any atom is 0.264 e. The lowest BCUT2D eigenvalue weighted by atomic mass is 10.1. The second-order valence-corrected chi connectivity index (χ2v) is 13.1. The van der Waals surface area contributed by atoms with Crippen LogP contribution in [0.4, 0.5) is 5.69 Å². The predicted octanol–water partition coefficient (Wildman–Crippen LogP) is 6.39. The molecule has 0 bridgehead atoms. The average molecular weight is 619 g/mol. The van der Waals surface area contributed by atoms with Gasteiger partial charge in [0.2, 0.25) is 11.8 Å². The van der Waals surface area contributed by atoms with Gasteiger partial charge in [-0.1, -0.05) is 68.2 Å². The number of benzene rings is 3. The zero-order valence-electron chi connectivity index (χ0n) is 24.0. The summed E-state index contributed by atoms with van der Waals surface area (Å²) in [6.45, 7) is 9.55. The number of rotatable bonds is 12. The minimum absolute atomic E-state index is 0.00713. The Balaban J connectivity index is 2.08. The first-order valence-electron chi connectivity index (χ1n) is 13.5. The van der Waals surface area contributed by atoms with Crippen LogP contribution < -0.4 is 9.62 Å². The SMILES string of the molecule is CC[C@@H](C(=O)NCC(C)C)N(Cc1ccccc1Cl)C(=O)CN(c1ccc(C)c(C)c1)S(=O)(=O)c1ccc(Cl)cc1. The van der Waals surface area contributed by atoms with Crippen LogP contribution in [0.5, 0.6) is 0 Å². The zero-order valence-corrected chi connectivity index (χ0v) is 26.4. The molecule has 41 heavy (non-hydrogen) atoms. The molecule has 0 aliphatic rings. The molecule has 0 aliphatic heterocycles. The molecule has 0 heterocycles. The van der Waals surface area contributed by atoms with Gasteiger partial charge in [0.1, 0.15) is 12.6 Å². The van der Waals surface area contributed by atoms with Crippen LogP contribution in [0.25, 0.3) is 0 Å². The monoisotopic (exact) mass is 617 g/mol. The Morgan fingerprint density at radius 3 is 2.17 bits per heavy atom. The lowest BCUT2D eigenvalue weighted by Crippen LogP contribution is -2.52. The minimum Gasteiger partial charge on any atom is -0.354 e. The molecular weight excluding hydrogens is 581 g/mol. The van der Waals surface area contributed by atoms with Crippen molar-refractivity contribution in [3.8, 4) is 0 Å². The molecular formula is C31H37Cl2N3O4S. The number of hydrogen-bond acceptors (Lipinski definition) is 4. The molecule has 0 saturated heterocycles. The number of carbonyl (C=O) groups excluding carboxylic acids is 2. The van der Waals surface area contributed by atoms with E-state index in [1.165, 1.54) is 29.2 Å². The third-order valence-electron chi connectivity index (χ3n) is 6.83. The number of hydrogen-bond donors (Lipinski definition) is 1. The number of carbonyl (C=O) groups is 2. The molecule has 3 rings (SSSR count). The lowest BCUT2D eigenvalue weighted by molar-refractivity contribution is -0.140. The Morgan fingerprint density at radius 2 is 1.59 bits per heavy atom. The molecule has 0 aliphatic carbocycles. The third kappa shape index (κ3) is 8.24. The Morgan fingerprint density at radius 1 is 0.927 bits per heavy atom. The fourth-order valence-corrected chi connectivity index (χ4v) is 6.02. The molecule has 0 radical (unpaired) electrons. The highest BCUT2D eigenvalue weighted by Gasteiger charge is 2.34. The Labute approximate surface area is 253 Å². The quantitative estimate of drug-likeness (QED) is 0.255. The summed E-state index contributed by atoms with van der Waals surface area (Å²) in [7, 11) is -4.18. The summed E-state index contributed by atoms with van der Waals surface area (Å²) in [6, 6.07) is 17.3. The van der Waals surface area contributed by atoms with Crippen LogP contribution in [0.3, 0.4) is 0 Å². The van der Waals surface area contributed by atoms with Crippen molar-refractivity contribution in [1.82, 2.24) is 10.2 Å². The molecule has 0 spiro atoms. The number of nitrogens with one attached hydrogen (secondary N) is 1. The van der Waals surface area contributed by atoms with Gasteiger partial charge in [-0.05, 0) is 85.3 Å². The van der Waals surface area contributed by atoms with E-state index in [0.29, 0.717) is 34.3 Å². The van der Waals surface area contributed by atoms with Gasteiger partial charge in [-0.2, -0.15) is 0 Å². The van der Waals surface area contributed by atoms with E-state index in [-0.39, 0.29) is 23.3 Å². The summed E-state index contributed by atoms with van der Waals surface area (Å²) in [4.78, 5) is 28.9. The molecule has 0 saturated carbocycles. The topological polar surface area (TPSA) is 86.8 Å². The molecule has 1 N–H and O–H groups in total. The van der Waals surface area contributed by atoms with Gasteiger partial charge in [-0.3, -0.25) is 13.9 Å². The number of amides is 2. The zero-order chi connectivity index (χ0) is 30.3. The molecule has 0 fully saturated rings. The number of halogens is 2. The maximum atomic E-state index is 14.1. The van der Waals surface area contributed by atoms with Crippen molar-refractivity contribution in [1.29, 1.82) is 0 Å². The van der Waals surface area contributed by atoms with Crippen molar-refractivity contribution in [2.24, 2.45) is 5.92 Å². The third-order valence-corrected chi connectivity index (χ3v) is 9.24. The molecule has 3 aromatic carbocycles. The number of aryl methyl sites for hydroxylation is 2. The van der Waals surface area contributed by atoms with Crippen molar-refractivity contribution >= 4 is 50.7 Å². The van der Waals surface area contributed by atoms with Gasteiger partial charge in [-0.15, -0.1) is 0 Å². The molecule has 7 nitrogen and oxygen atoms in total. The number of sulfonamides is 1. The van der Waals surface area contributed by atoms with Crippen molar-refractivity contribution < 1.29 is 18.0 Å². The van der Waals surface area contributed by atoms with E-state index in [0.717, 1.165) is 15.4 Å². The van der Waals surface area contributed by atoms with Crippen LogP contribution >= 0.6 is 23.2 Å². The molecule has 0 unspecified atom stereocenters. The van der Waals surface area contributed by atoms with E-state index in [1.807, 2.05) is 40.7 Å². The standard InChI is InChI=1S/C31H37Cl2N3O4S/c1-6-29(31(38)34-18-21(2)3)35(19-24-9-7-8-10-28(24)33)30(37)20-36(26-14-11-22(4)23(5)17-26)41(39,40)27-15-12-25(32)13-16-27/h7-17,21,29H,6,18-20H2,1-5H3,(H,34,38)/t29-/m0/s1. The van der Waals surface area contributed by atoms with Crippen molar-refractivity contribution in [3.63, 3.8) is 0 Å². The molecule has 2 amide bonds. The summed E-state index contributed by atoms with van der Waals surface area (Å²) < 4.78 is 29.0. The normalized spacial score (nSPS) is 12.2. The van der Waals surface area contributed by atoms with Crippen LogP contribution in [0.1, 0.15) is 43.9 Å². The molecule has 0 aromatic heterocycles. The van der Waals surface area contributed by atoms with Gasteiger partial charge in [0.25, 0.3) is 10.0 Å². The highest BCUT2D eigenvalue weighted by atomic mass is 35.5. The average Bonchev–Trinajstić information content (AvgIpc) is 2.93. The molecule has 10 heteroatoms. The van der Waals surface area contributed by atoms with E-state index < -0.39 is 28.5 Å². The van der Waals surface area contributed by atoms with Gasteiger partial charge in [0, 0.05) is 23.1 Å². The minimum atomic E-state index is -4.18. The first-order valence-corrected chi connectivity index (χ1v) is 15.7. The molecule has 3 aromatic rings. The van der Waals surface area contributed by atoms with Gasteiger partial charge < -0.3 is 10.2 Å².